The van der Waals surface area contributed by atoms with E-state index in [1.54, 1.807) is 6.07 Å². The molecule has 3 nitrogen and oxygen atoms in total. The van der Waals surface area contributed by atoms with Gasteiger partial charge in [0.05, 0.1) is 5.02 Å². The highest BCUT2D eigenvalue weighted by Crippen LogP contribution is 2.39. The Morgan fingerprint density at radius 3 is 2.95 bits per heavy atom. The second-order valence-corrected chi connectivity index (χ2v) is 5.38. The first-order valence-corrected chi connectivity index (χ1v) is 7.08. The Balaban J connectivity index is 1.69. The fourth-order valence-electron chi connectivity index (χ4n) is 2.29. The van der Waals surface area contributed by atoms with Gasteiger partial charge in [-0.05, 0) is 42.3 Å². The van der Waals surface area contributed by atoms with E-state index in [1.165, 1.54) is 12.1 Å². The van der Waals surface area contributed by atoms with E-state index in [0.29, 0.717) is 23.1 Å². The molecular weight excluding hydrogens is 293 g/mol. The third-order valence-electron chi connectivity index (χ3n) is 3.45. The summed E-state index contributed by atoms with van der Waals surface area (Å²) in [6.07, 6.45) is 0. The molecule has 1 aliphatic rings. The lowest BCUT2D eigenvalue weighted by Crippen LogP contribution is -2.18. The molecule has 0 radical (unpaired) electrons. The molecule has 0 unspecified atom stereocenters. The standard InChI is InChI=1S/C16H15ClFNO2/c1-10(12-3-2-4-13(18)7-12)19-8-11-5-14(17)16-15(6-11)20-9-21-16/h2-7,10,19H,8-9H2,1H3/t10-/m0/s1. The van der Waals surface area contributed by atoms with Gasteiger partial charge in [0.15, 0.2) is 11.5 Å². The molecule has 2 aromatic carbocycles. The first-order chi connectivity index (χ1) is 10.1. The summed E-state index contributed by atoms with van der Waals surface area (Å²) in [5.74, 6) is 1.03. The Hall–Kier alpha value is -1.78. The third-order valence-corrected chi connectivity index (χ3v) is 3.73. The fraction of sp³-hybridized carbons (Fsp3) is 0.250. The lowest BCUT2D eigenvalue weighted by atomic mass is 10.1. The summed E-state index contributed by atoms with van der Waals surface area (Å²) in [6, 6.07) is 10.4. The van der Waals surface area contributed by atoms with Gasteiger partial charge < -0.3 is 14.8 Å². The predicted octanol–water partition coefficient (Wildman–Crippen LogP) is 4.06. The number of benzene rings is 2. The van der Waals surface area contributed by atoms with Gasteiger partial charge in [-0.15, -0.1) is 0 Å². The molecule has 2 aromatic rings. The van der Waals surface area contributed by atoms with Gasteiger partial charge in [-0.1, -0.05) is 23.7 Å². The van der Waals surface area contributed by atoms with Crippen molar-refractivity contribution < 1.29 is 13.9 Å². The van der Waals surface area contributed by atoms with Crippen LogP contribution in [0.4, 0.5) is 4.39 Å². The molecule has 3 rings (SSSR count). The summed E-state index contributed by atoms with van der Waals surface area (Å²) in [6.45, 7) is 2.79. The lowest BCUT2D eigenvalue weighted by Gasteiger charge is -2.15. The molecule has 5 heteroatoms. The van der Waals surface area contributed by atoms with Gasteiger partial charge in [0.1, 0.15) is 5.82 Å². The Bertz CT molecular complexity index is 663. The van der Waals surface area contributed by atoms with Crippen LogP contribution in [0.1, 0.15) is 24.1 Å². The van der Waals surface area contributed by atoms with E-state index < -0.39 is 0 Å². The van der Waals surface area contributed by atoms with Gasteiger partial charge in [0, 0.05) is 12.6 Å². The summed E-state index contributed by atoms with van der Waals surface area (Å²) in [5.41, 5.74) is 1.90. The molecule has 0 saturated heterocycles. The van der Waals surface area contributed by atoms with Crippen LogP contribution in [-0.2, 0) is 6.54 Å². The average molecular weight is 308 g/mol. The van der Waals surface area contributed by atoms with Crippen molar-refractivity contribution in [1.82, 2.24) is 5.32 Å². The summed E-state index contributed by atoms with van der Waals surface area (Å²) in [7, 11) is 0. The maximum Gasteiger partial charge on any atom is 0.231 e. The maximum atomic E-state index is 13.2. The lowest BCUT2D eigenvalue weighted by molar-refractivity contribution is 0.174. The molecule has 1 heterocycles. The predicted molar refractivity (Wildman–Crippen MR) is 79.2 cm³/mol. The number of hydrogen-bond donors (Lipinski definition) is 1. The molecule has 1 aliphatic heterocycles. The second kappa shape index (κ2) is 5.92. The van der Waals surface area contributed by atoms with Crippen molar-refractivity contribution in [2.45, 2.75) is 19.5 Å². The van der Waals surface area contributed by atoms with Gasteiger partial charge in [-0.3, -0.25) is 0 Å². The molecule has 0 fully saturated rings. The van der Waals surface area contributed by atoms with Crippen molar-refractivity contribution >= 4 is 11.6 Å². The zero-order valence-electron chi connectivity index (χ0n) is 11.5. The molecule has 0 bridgehead atoms. The zero-order valence-corrected chi connectivity index (χ0v) is 12.3. The molecule has 1 N–H and O–H groups in total. The summed E-state index contributed by atoms with van der Waals surface area (Å²) in [4.78, 5) is 0. The molecule has 0 aromatic heterocycles. The van der Waals surface area contributed by atoms with E-state index in [0.717, 1.165) is 11.1 Å². The van der Waals surface area contributed by atoms with Crippen molar-refractivity contribution in [2.24, 2.45) is 0 Å². The Morgan fingerprint density at radius 1 is 1.29 bits per heavy atom. The van der Waals surface area contributed by atoms with Crippen LogP contribution < -0.4 is 14.8 Å². The van der Waals surface area contributed by atoms with E-state index in [4.69, 9.17) is 21.1 Å². The van der Waals surface area contributed by atoms with Crippen molar-refractivity contribution in [2.75, 3.05) is 6.79 Å². The van der Waals surface area contributed by atoms with E-state index in [-0.39, 0.29) is 18.7 Å². The normalized spacial score (nSPS) is 14.2. The van der Waals surface area contributed by atoms with Gasteiger partial charge >= 0.3 is 0 Å². The van der Waals surface area contributed by atoms with Gasteiger partial charge in [-0.2, -0.15) is 0 Å². The van der Waals surface area contributed by atoms with Gasteiger partial charge in [-0.25, -0.2) is 4.39 Å². The summed E-state index contributed by atoms with van der Waals surface area (Å²) < 4.78 is 23.8. The van der Waals surface area contributed by atoms with Gasteiger partial charge in [0.2, 0.25) is 6.79 Å². The monoisotopic (exact) mass is 307 g/mol. The Kier molecular flexibility index (Phi) is 3.99. The maximum absolute atomic E-state index is 13.2. The molecular formula is C16H15ClFNO2. The fourth-order valence-corrected chi connectivity index (χ4v) is 2.58. The number of nitrogens with one attached hydrogen (secondary N) is 1. The number of halogens is 2. The number of ether oxygens (including phenoxy) is 2. The molecule has 110 valence electrons. The van der Waals surface area contributed by atoms with Crippen LogP contribution in [0.5, 0.6) is 11.5 Å². The van der Waals surface area contributed by atoms with Gasteiger partial charge in [0.25, 0.3) is 0 Å². The van der Waals surface area contributed by atoms with Crippen LogP contribution in [-0.4, -0.2) is 6.79 Å². The van der Waals surface area contributed by atoms with Crippen LogP contribution in [0.15, 0.2) is 36.4 Å². The third kappa shape index (κ3) is 3.12. The minimum absolute atomic E-state index is 0.0323. The van der Waals surface area contributed by atoms with E-state index in [2.05, 4.69) is 5.32 Å². The van der Waals surface area contributed by atoms with E-state index >= 15 is 0 Å². The van der Waals surface area contributed by atoms with Crippen LogP contribution in [0.3, 0.4) is 0 Å². The quantitative estimate of drug-likeness (QED) is 0.924. The highest BCUT2D eigenvalue weighted by atomic mass is 35.5. The van der Waals surface area contributed by atoms with Crippen molar-refractivity contribution in [3.63, 3.8) is 0 Å². The highest BCUT2D eigenvalue weighted by Gasteiger charge is 2.18. The SMILES string of the molecule is C[C@H](NCc1cc(Cl)c2c(c1)OCO2)c1cccc(F)c1. The topological polar surface area (TPSA) is 30.5 Å². The molecule has 0 spiro atoms. The molecule has 1 atom stereocenters. The minimum atomic E-state index is -0.229. The molecule has 0 amide bonds. The first-order valence-electron chi connectivity index (χ1n) is 6.70. The molecule has 0 aliphatic carbocycles. The second-order valence-electron chi connectivity index (χ2n) is 4.97. The minimum Gasteiger partial charge on any atom is -0.454 e. The van der Waals surface area contributed by atoms with E-state index in [1.807, 2.05) is 25.1 Å². The molecule has 21 heavy (non-hydrogen) atoms. The van der Waals surface area contributed by atoms with Crippen LogP contribution in [0.2, 0.25) is 5.02 Å². The van der Waals surface area contributed by atoms with Crippen molar-refractivity contribution in [1.29, 1.82) is 0 Å². The zero-order chi connectivity index (χ0) is 14.8. The summed E-state index contributed by atoms with van der Waals surface area (Å²) >= 11 is 6.15. The Morgan fingerprint density at radius 2 is 2.14 bits per heavy atom. The van der Waals surface area contributed by atoms with Crippen LogP contribution >= 0.6 is 11.6 Å². The van der Waals surface area contributed by atoms with Crippen molar-refractivity contribution in [3.05, 3.63) is 58.4 Å². The number of rotatable bonds is 4. The summed E-state index contributed by atoms with van der Waals surface area (Å²) in [5, 5.41) is 3.88. The van der Waals surface area contributed by atoms with Crippen LogP contribution in [0.25, 0.3) is 0 Å². The van der Waals surface area contributed by atoms with Crippen LogP contribution in [0, 0.1) is 5.82 Å². The van der Waals surface area contributed by atoms with E-state index in [9.17, 15) is 4.39 Å². The largest absolute Gasteiger partial charge is 0.454 e. The number of hydrogen-bond acceptors (Lipinski definition) is 3. The number of fused-ring (bicyclic) bond motifs is 1. The molecule has 0 saturated carbocycles. The van der Waals surface area contributed by atoms with Crippen molar-refractivity contribution in [3.8, 4) is 11.5 Å². The smallest absolute Gasteiger partial charge is 0.231 e. The first kappa shape index (κ1) is 14.2. The Labute approximate surface area is 127 Å². The average Bonchev–Trinajstić information content (AvgIpc) is 2.93. The highest BCUT2D eigenvalue weighted by molar-refractivity contribution is 6.32.